The fourth-order valence-electron chi connectivity index (χ4n) is 2.17. The monoisotopic (exact) mass is 327 g/mol. The number of aliphatic hydroxyl groups is 1. The molecule has 0 fully saturated rings. The number of phenolic OH excluding ortho intramolecular Hbond substituents is 2. The minimum absolute atomic E-state index is 0. The molecule has 0 bridgehead atoms. The summed E-state index contributed by atoms with van der Waals surface area (Å²) in [5.74, 6) is -0.390. The highest BCUT2D eigenvalue weighted by atomic mass is 16.3. The van der Waals surface area contributed by atoms with E-state index in [1.54, 1.807) is 24.3 Å². The van der Waals surface area contributed by atoms with E-state index in [2.05, 4.69) is 5.32 Å². The number of phenols is 2. The first-order chi connectivity index (χ1) is 11.1. The van der Waals surface area contributed by atoms with Crippen molar-refractivity contribution < 1.29 is 20.1 Å². The lowest BCUT2D eigenvalue weighted by Gasteiger charge is -2.08. The SMILES string of the molecule is C.CO.O=C(Nc1ccccc1)c1cc2ccc(O)cc2cc1O. The highest BCUT2D eigenvalue weighted by Crippen LogP contribution is 2.28. The minimum Gasteiger partial charge on any atom is -0.508 e. The van der Waals surface area contributed by atoms with E-state index in [1.807, 2.05) is 18.2 Å². The Morgan fingerprint density at radius 1 is 0.875 bits per heavy atom. The molecule has 0 aliphatic carbocycles. The third kappa shape index (κ3) is 4.24. The van der Waals surface area contributed by atoms with Crippen molar-refractivity contribution in [2.75, 3.05) is 12.4 Å². The number of carbonyl (C=O) groups is 1. The molecular formula is C19H21NO4. The predicted molar refractivity (Wildman–Crippen MR) is 96.5 cm³/mol. The van der Waals surface area contributed by atoms with Crippen molar-refractivity contribution in [2.24, 2.45) is 0 Å². The van der Waals surface area contributed by atoms with Crippen LogP contribution in [0.3, 0.4) is 0 Å². The molecule has 0 radical (unpaired) electrons. The van der Waals surface area contributed by atoms with E-state index in [9.17, 15) is 15.0 Å². The van der Waals surface area contributed by atoms with Crippen LogP contribution in [0.15, 0.2) is 60.7 Å². The van der Waals surface area contributed by atoms with Gasteiger partial charge in [0.15, 0.2) is 0 Å². The van der Waals surface area contributed by atoms with Gasteiger partial charge < -0.3 is 20.6 Å². The van der Waals surface area contributed by atoms with E-state index in [1.165, 1.54) is 18.2 Å². The molecule has 0 heterocycles. The largest absolute Gasteiger partial charge is 0.508 e. The van der Waals surface area contributed by atoms with E-state index in [0.29, 0.717) is 11.1 Å². The molecule has 3 rings (SSSR count). The number of aromatic hydroxyl groups is 2. The average molecular weight is 327 g/mol. The summed E-state index contributed by atoms with van der Waals surface area (Å²) in [4.78, 5) is 12.2. The zero-order chi connectivity index (χ0) is 16.8. The highest BCUT2D eigenvalue weighted by Gasteiger charge is 2.13. The number of amides is 1. The average Bonchev–Trinajstić information content (AvgIpc) is 2.56. The Bertz CT molecular complexity index is 816. The summed E-state index contributed by atoms with van der Waals surface area (Å²) >= 11 is 0. The molecule has 126 valence electrons. The minimum atomic E-state index is -0.381. The van der Waals surface area contributed by atoms with E-state index in [0.717, 1.165) is 12.5 Å². The lowest BCUT2D eigenvalue weighted by molar-refractivity contribution is 0.102. The van der Waals surface area contributed by atoms with Crippen molar-refractivity contribution in [1.82, 2.24) is 0 Å². The van der Waals surface area contributed by atoms with Crippen LogP contribution in [0.5, 0.6) is 11.5 Å². The van der Waals surface area contributed by atoms with Gasteiger partial charge in [-0.2, -0.15) is 0 Å². The predicted octanol–water partition coefficient (Wildman–Crippen LogP) is 3.75. The zero-order valence-electron chi connectivity index (χ0n) is 12.5. The maximum atomic E-state index is 12.2. The normalized spacial score (nSPS) is 9.42. The third-order valence-electron chi connectivity index (χ3n) is 3.21. The summed E-state index contributed by atoms with van der Waals surface area (Å²) in [6.07, 6.45) is 0. The molecule has 3 aromatic rings. The van der Waals surface area contributed by atoms with Gasteiger partial charge in [0.25, 0.3) is 5.91 Å². The van der Waals surface area contributed by atoms with Gasteiger partial charge in [-0.15, -0.1) is 0 Å². The van der Waals surface area contributed by atoms with Crippen LogP contribution in [-0.4, -0.2) is 28.3 Å². The Hall–Kier alpha value is -3.05. The van der Waals surface area contributed by atoms with Crippen LogP contribution in [0.4, 0.5) is 5.69 Å². The molecule has 3 aromatic carbocycles. The van der Waals surface area contributed by atoms with E-state index in [-0.39, 0.29) is 30.4 Å². The molecule has 5 nitrogen and oxygen atoms in total. The Morgan fingerprint density at radius 3 is 2.21 bits per heavy atom. The third-order valence-corrected chi connectivity index (χ3v) is 3.21. The summed E-state index contributed by atoms with van der Waals surface area (Å²) in [7, 11) is 1.00. The fourth-order valence-corrected chi connectivity index (χ4v) is 2.17. The lowest BCUT2D eigenvalue weighted by Crippen LogP contribution is -2.11. The summed E-state index contributed by atoms with van der Waals surface area (Å²) in [6, 6.07) is 16.9. The molecule has 24 heavy (non-hydrogen) atoms. The number of carbonyl (C=O) groups excluding carboxylic acids is 1. The van der Waals surface area contributed by atoms with Crippen LogP contribution >= 0.6 is 0 Å². The van der Waals surface area contributed by atoms with Crippen LogP contribution in [0.2, 0.25) is 0 Å². The van der Waals surface area contributed by atoms with Gasteiger partial charge in [-0.1, -0.05) is 31.7 Å². The fraction of sp³-hybridized carbons (Fsp3) is 0.105. The standard InChI is InChI=1S/C17H13NO3.CH4O.CH4/c19-14-7-6-11-9-15(16(20)10-12(11)8-14)17(21)18-13-4-2-1-3-5-13;1-2;/h1-10,19-20H,(H,18,21);2H,1H3;1H4. The summed E-state index contributed by atoms with van der Waals surface area (Å²) in [5.41, 5.74) is 0.852. The molecule has 0 aromatic heterocycles. The van der Waals surface area contributed by atoms with E-state index in [4.69, 9.17) is 5.11 Å². The second-order valence-electron chi connectivity index (χ2n) is 4.72. The van der Waals surface area contributed by atoms with E-state index < -0.39 is 0 Å². The van der Waals surface area contributed by atoms with Crippen molar-refractivity contribution in [1.29, 1.82) is 0 Å². The number of anilines is 1. The Kier molecular flexibility index (Phi) is 6.77. The quantitative estimate of drug-likeness (QED) is 0.577. The summed E-state index contributed by atoms with van der Waals surface area (Å²) < 4.78 is 0. The first-order valence-electron chi connectivity index (χ1n) is 6.90. The maximum Gasteiger partial charge on any atom is 0.259 e. The summed E-state index contributed by atoms with van der Waals surface area (Å²) in [6.45, 7) is 0. The smallest absolute Gasteiger partial charge is 0.259 e. The van der Waals surface area contributed by atoms with Crippen LogP contribution in [-0.2, 0) is 0 Å². The van der Waals surface area contributed by atoms with Crippen LogP contribution in [0, 0.1) is 0 Å². The molecule has 4 N–H and O–H groups in total. The van der Waals surface area contributed by atoms with Crippen molar-refractivity contribution in [3.63, 3.8) is 0 Å². The van der Waals surface area contributed by atoms with Gasteiger partial charge >= 0.3 is 0 Å². The van der Waals surface area contributed by atoms with Crippen LogP contribution in [0.25, 0.3) is 10.8 Å². The van der Waals surface area contributed by atoms with Crippen molar-refractivity contribution in [3.05, 3.63) is 66.2 Å². The van der Waals surface area contributed by atoms with Crippen molar-refractivity contribution in [2.45, 2.75) is 7.43 Å². The molecule has 0 saturated carbocycles. The lowest BCUT2D eigenvalue weighted by atomic mass is 10.0. The molecule has 0 atom stereocenters. The number of benzene rings is 3. The first kappa shape index (κ1) is 19.0. The number of aliphatic hydroxyl groups excluding tert-OH is 1. The van der Waals surface area contributed by atoms with E-state index >= 15 is 0 Å². The molecule has 0 spiro atoms. The maximum absolute atomic E-state index is 12.2. The number of para-hydroxylation sites is 1. The number of hydrogen-bond donors (Lipinski definition) is 4. The number of fused-ring (bicyclic) bond motifs is 1. The molecule has 1 amide bonds. The van der Waals surface area contributed by atoms with Gasteiger partial charge in [-0.25, -0.2) is 0 Å². The first-order valence-corrected chi connectivity index (χ1v) is 6.90. The molecule has 0 saturated heterocycles. The zero-order valence-corrected chi connectivity index (χ0v) is 12.5. The Balaban J connectivity index is 0.000000925. The molecule has 0 aliphatic rings. The van der Waals surface area contributed by atoms with Gasteiger partial charge in [0, 0.05) is 12.8 Å². The Labute approximate surface area is 140 Å². The Morgan fingerprint density at radius 2 is 1.54 bits per heavy atom. The molecular weight excluding hydrogens is 306 g/mol. The number of rotatable bonds is 2. The number of nitrogens with one attached hydrogen (secondary N) is 1. The van der Waals surface area contributed by atoms with Crippen molar-refractivity contribution >= 4 is 22.4 Å². The summed E-state index contributed by atoms with van der Waals surface area (Å²) in [5, 5.41) is 30.6. The van der Waals surface area contributed by atoms with Gasteiger partial charge in [0.2, 0.25) is 0 Å². The van der Waals surface area contributed by atoms with Crippen LogP contribution in [0.1, 0.15) is 17.8 Å². The van der Waals surface area contributed by atoms with Gasteiger partial charge in [0.1, 0.15) is 11.5 Å². The van der Waals surface area contributed by atoms with Gasteiger partial charge in [0.05, 0.1) is 5.56 Å². The molecule has 0 unspecified atom stereocenters. The topological polar surface area (TPSA) is 89.8 Å². The molecule has 5 heteroatoms. The second-order valence-corrected chi connectivity index (χ2v) is 4.72. The van der Waals surface area contributed by atoms with Crippen molar-refractivity contribution in [3.8, 4) is 11.5 Å². The van der Waals surface area contributed by atoms with Crippen LogP contribution < -0.4 is 5.32 Å². The van der Waals surface area contributed by atoms with Gasteiger partial charge in [-0.3, -0.25) is 4.79 Å². The number of hydrogen-bond acceptors (Lipinski definition) is 4. The molecule has 0 aliphatic heterocycles. The highest BCUT2D eigenvalue weighted by molar-refractivity contribution is 6.08. The second kappa shape index (κ2) is 8.55. The van der Waals surface area contributed by atoms with Gasteiger partial charge in [-0.05, 0) is 47.2 Å².